The van der Waals surface area contributed by atoms with Crippen LogP contribution in [0.3, 0.4) is 0 Å². The average molecular weight is 228 g/mol. The lowest BCUT2D eigenvalue weighted by molar-refractivity contribution is 0.986. The highest BCUT2D eigenvalue weighted by Crippen LogP contribution is 2.20. The van der Waals surface area contributed by atoms with Crippen LogP contribution < -0.4 is 11.1 Å². The molecule has 0 unspecified atom stereocenters. The molecule has 4 nitrogen and oxygen atoms in total. The van der Waals surface area contributed by atoms with E-state index in [1.165, 1.54) is 0 Å². The van der Waals surface area contributed by atoms with E-state index < -0.39 is 0 Å². The summed E-state index contributed by atoms with van der Waals surface area (Å²) >= 11 is 0. The first-order valence-electron chi connectivity index (χ1n) is 5.64. The van der Waals surface area contributed by atoms with Gasteiger partial charge in [0.1, 0.15) is 0 Å². The van der Waals surface area contributed by atoms with Gasteiger partial charge in [-0.1, -0.05) is 30.3 Å². The van der Waals surface area contributed by atoms with E-state index in [9.17, 15) is 0 Å². The predicted octanol–water partition coefficient (Wildman–Crippen LogP) is 1.82. The van der Waals surface area contributed by atoms with Crippen molar-refractivity contribution in [1.82, 2.24) is 9.97 Å². The Balaban J connectivity index is 2.33. The Morgan fingerprint density at radius 1 is 1.24 bits per heavy atom. The number of nitrogens with two attached hydrogens (primary N) is 1. The lowest BCUT2D eigenvalue weighted by Gasteiger charge is -2.08. The van der Waals surface area contributed by atoms with Gasteiger partial charge in [-0.05, 0) is 12.5 Å². The SMILES string of the molecule is Cc1cnc(NCCN)nc1-c1ccccc1. The number of nitrogens with one attached hydrogen (secondary N) is 1. The lowest BCUT2D eigenvalue weighted by atomic mass is 10.1. The standard InChI is InChI=1S/C13H16N4/c1-10-9-16-13(15-8-7-14)17-12(10)11-5-3-2-4-6-11/h2-6,9H,7-8,14H2,1H3,(H,15,16,17). The summed E-state index contributed by atoms with van der Waals surface area (Å²) in [5, 5.41) is 3.08. The van der Waals surface area contributed by atoms with Crippen LogP contribution in [0.5, 0.6) is 0 Å². The highest BCUT2D eigenvalue weighted by molar-refractivity contribution is 5.63. The van der Waals surface area contributed by atoms with Crippen LogP contribution in [0.25, 0.3) is 11.3 Å². The molecule has 0 bridgehead atoms. The molecule has 0 radical (unpaired) electrons. The van der Waals surface area contributed by atoms with Crippen LogP contribution in [0.4, 0.5) is 5.95 Å². The molecular formula is C13H16N4. The zero-order chi connectivity index (χ0) is 12.1. The Labute approximate surface area is 101 Å². The highest BCUT2D eigenvalue weighted by Gasteiger charge is 2.05. The Hall–Kier alpha value is -1.94. The summed E-state index contributed by atoms with van der Waals surface area (Å²) in [6, 6.07) is 10.1. The average Bonchev–Trinajstić information content (AvgIpc) is 2.39. The smallest absolute Gasteiger partial charge is 0.223 e. The summed E-state index contributed by atoms with van der Waals surface area (Å²) in [7, 11) is 0. The summed E-state index contributed by atoms with van der Waals surface area (Å²) in [6.45, 7) is 3.25. The van der Waals surface area contributed by atoms with Crippen molar-refractivity contribution in [2.24, 2.45) is 5.73 Å². The number of rotatable bonds is 4. The number of aromatic nitrogens is 2. The van der Waals surface area contributed by atoms with E-state index in [-0.39, 0.29) is 0 Å². The van der Waals surface area contributed by atoms with Gasteiger partial charge in [-0.2, -0.15) is 0 Å². The molecule has 0 spiro atoms. The largest absolute Gasteiger partial charge is 0.353 e. The third-order valence-corrected chi connectivity index (χ3v) is 2.45. The van der Waals surface area contributed by atoms with Crippen molar-refractivity contribution < 1.29 is 0 Å². The van der Waals surface area contributed by atoms with Crippen molar-refractivity contribution in [2.45, 2.75) is 6.92 Å². The van der Waals surface area contributed by atoms with E-state index in [1.54, 1.807) is 0 Å². The second kappa shape index (κ2) is 5.41. The van der Waals surface area contributed by atoms with E-state index in [2.05, 4.69) is 15.3 Å². The van der Waals surface area contributed by atoms with E-state index in [4.69, 9.17) is 5.73 Å². The number of nitrogens with zero attached hydrogens (tertiary/aromatic N) is 2. The van der Waals surface area contributed by atoms with E-state index in [0.29, 0.717) is 19.0 Å². The number of hydrogen-bond acceptors (Lipinski definition) is 4. The second-order valence-corrected chi connectivity index (χ2v) is 3.81. The molecule has 0 saturated carbocycles. The third kappa shape index (κ3) is 2.79. The molecular weight excluding hydrogens is 212 g/mol. The Kier molecular flexibility index (Phi) is 3.67. The predicted molar refractivity (Wildman–Crippen MR) is 69.7 cm³/mol. The molecule has 0 aliphatic carbocycles. The molecule has 1 heterocycles. The van der Waals surface area contributed by atoms with Gasteiger partial charge in [0.25, 0.3) is 0 Å². The van der Waals surface area contributed by atoms with Gasteiger partial charge in [0.15, 0.2) is 0 Å². The van der Waals surface area contributed by atoms with Crippen molar-refractivity contribution in [3.8, 4) is 11.3 Å². The zero-order valence-corrected chi connectivity index (χ0v) is 9.85. The molecule has 2 aromatic rings. The molecule has 0 saturated heterocycles. The summed E-state index contributed by atoms with van der Waals surface area (Å²) < 4.78 is 0. The van der Waals surface area contributed by atoms with Crippen LogP contribution in [-0.2, 0) is 0 Å². The minimum Gasteiger partial charge on any atom is -0.353 e. The van der Waals surface area contributed by atoms with Crippen LogP contribution >= 0.6 is 0 Å². The summed E-state index contributed by atoms with van der Waals surface area (Å²) in [6.07, 6.45) is 1.83. The Morgan fingerprint density at radius 3 is 2.71 bits per heavy atom. The first-order valence-corrected chi connectivity index (χ1v) is 5.64. The fourth-order valence-electron chi connectivity index (χ4n) is 1.60. The molecule has 17 heavy (non-hydrogen) atoms. The van der Waals surface area contributed by atoms with E-state index >= 15 is 0 Å². The number of aryl methyl sites for hydroxylation is 1. The van der Waals surface area contributed by atoms with Crippen LogP contribution in [0, 0.1) is 6.92 Å². The van der Waals surface area contributed by atoms with Crippen molar-refractivity contribution in [1.29, 1.82) is 0 Å². The first kappa shape index (κ1) is 11.5. The van der Waals surface area contributed by atoms with Crippen LogP contribution in [0.1, 0.15) is 5.56 Å². The van der Waals surface area contributed by atoms with Gasteiger partial charge in [0.05, 0.1) is 5.69 Å². The van der Waals surface area contributed by atoms with E-state index in [0.717, 1.165) is 16.8 Å². The third-order valence-electron chi connectivity index (χ3n) is 2.45. The molecule has 0 amide bonds. The molecule has 0 aliphatic rings. The van der Waals surface area contributed by atoms with Gasteiger partial charge in [-0.3, -0.25) is 0 Å². The van der Waals surface area contributed by atoms with Crippen molar-refractivity contribution in [3.05, 3.63) is 42.1 Å². The highest BCUT2D eigenvalue weighted by atomic mass is 15.1. The molecule has 0 atom stereocenters. The van der Waals surface area contributed by atoms with Crippen molar-refractivity contribution >= 4 is 5.95 Å². The van der Waals surface area contributed by atoms with Gasteiger partial charge < -0.3 is 11.1 Å². The lowest BCUT2D eigenvalue weighted by Crippen LogP contribution is -2.15. The van der Waals surface area contributed by atoms with Gasteiger partial charge in [-0.25, -0.2) is 9.97 Å². The van der Waals surface area contributed by atoms with Gasteiger partial charge in [0, 0.05) is 24.8 Å². The number of anilines is 1. The van der Waals surface area contributed by atoms with Crippen LogP contribution in [-0.4, -0.2) is 23.1 Å². The monoisotopic (exact) mass is 228 g/mol. The molecule has 2 rings (SSSR count). The van der Waals surface area contributed by atoms with Gasteiger partial charge >= 0.3 is 0 Å². The number of benzene rings is 1. The maximum Gasteiger partial charge on any atom is 0.223 e. The number of hydrogen-bond donors (Lipinski definition) is 2. The van der Waals surface area contributed by atoms with Crippen molar-refractivity contribution in [2.75, 3.05) is 18.4 Å². The fourth-order valence-corrected chi connectivity index (χ4v) is 1.60. The fraction of sp³-hybridized carbons (Fsp3) is 0.231. The quantitative estimate of drug-likeness (QED) is 0.838. The van der Waals surface area contributed by atoms with Gasteiger partial charge in [-0.15, -0.1) is 0 Å². The minimum absolute atomic E-state index is 0.567. The first-order chi connectivity index (χ1) is 8.31. The normalized spacial score (nSPS) is 10.2. The summed E-state index contributed by atoms with van der Waals surface area (Å²) in [5.41, 5.74) is 8.56. The molecule has 0 fully saturated rings. The maximum atomic E-state index is 5.44. The molecule has 0 aliphatic heterocycles. The van der Waals surface area contributed by atoms with Crippen LogP contribution in [0.15, 0.2) is 36.5 Å². The van der Waals surface area contributed by atoms with Crippen molar-refractivity contribution in [3.63, 3.8) is 0 Å². The molecule has 1 aromatic carbocycles. The molecule has 3 N–H and O–H groups in total. The minimum atomic E-state index is 0.567. The Bertz CT molecular complexity index is 482. The second-order valence-electron chi connectivity index (χ2n) is 3.81. The summed E-state index contributed by atoms with van der Waals surface area (Å²) in [5.74, 6) is 0.625. The maximum absolute atomic E-state index is 5.44. The molecule has 4 heteroatoms. The van der Waals surface area contributed by atoms with Crippen LogP contribution in [0.2, 0.25) is 0 Å². The zero-order valence-electron chi connectivity index (χ0n) is 9.85. The topological polar surface area (TPSA) is 63.8 Å². The summed E-state index contributed by atoms with van der Waals surface area (Å²) in [4.78, 5) is 8.73. The van der Waals surface area contributed by atoms with E-state index in [1.807, 2.05) is 43.5 Å². The Morgan fingerprint density at radius 2 is 2.00 bits per heavy atom. The molecule has 1 aromatic heterocycles. The van der Waals surface area contributed by atoms with Gasteiger partial charge in [0.2, 0.25) is 5.95 Å². The molecule has 88 valence electrons.